The van der Waals surface area contributed by atoms with Crippen LogP contribution in [0.25, 0.3) is 0 Å². The molecule has 0 radical (unpaired) electrons. The van der Waals surface area contributed by atoms with Gasteiger partial charge < -0.3 is 15.4 Å². The predicted octanol–water partition coefficient (Wildman–Crippen LogP) is 3.21. The summed E-state index contributed by atoms with van der Waals surface area (Å²) in [4.78, 5) is 4.56. The monoisotopic (exact) mass is 311 g/mol. The highest BCUT2D eigenvalue weighted by atomic mass is 35.5. The summed E-state index contributed by atoms with van der Waals surface area (Å²) in [5, 5.41) is 7.32. The van der Waals surface area contributed by atoms with Crippen molar-refractivity contribution in [2.75, 3.05) is 26.3 Å². The van der Waals surface area contributed by atoms with Crippen LogP contribution in [0.4, 0.5) is 0 Å². The molecule has 2 N–H and O–H groups in total. The summed E-state index contributed by atoms with van der Waals surface area (Å²) < 4.78 is 5.32. The first-order chi connectivity index (χ1) is 10.3. The lowest BCUT2D eigenvalue weighted by atomic mass is 10.2. The van der Waals surface area contributed by atoms with Gasteiger partial charge in [-0.15, -0.1) is 0 Å². The van der Waals surface area contributed by atoms with Crippen LogP contribution in [0.3, 0.4) is 0 Å². The lowest BCUT2D eigenvalue weighted by Crippen LogP contribution is -2.37. The molecule has 0 bridgehead atoms. The minimum Gasteiger partial charge on any atom is -0.382 e. The van der Waals surface area contributed by atoms with Gasteiger partial charge in [0, 0.05) is 31.3 Å². The number of nitrogens with one attached hydrogen (secondary N) is 2. The molecule has 0 spiro atoms. The van der Waals surface area contributed by atoms with E-state index in [1.807, 2.05) is 31.2 Å². The maximum absolute atomic E-state index is 6.14. The summed E-state index contributed by atoms with van der Waals surface area (Å²) >= 11 is 6.14. The van der Waals surface area contributed by atoms with Crippen LogP contribution in [0.1, 0.15) is 32.3 Å². The maximum atomic E-state index is 6.14. The van der Waals surface area contributed by atoms with E-state index in [9.17, 15) is 0 Å². The third kappa shape index (κ3) is 7.93. The first-order valence-electron chi connectivity index (χ1n) is 7.61. The topological polar surface area (TPSA) is 45.7 Å². The number of ether oxygens (including phenoxy) is 1. The first kappa shape index (κ1) is 17.8. The van der Waals surface area contributed by atoms with Gasteiger partial charge in [-0.3, -0.25) is 0 Å². The fraction of sp³-hybridized carbons (Fsp3) is 0.562. The number of rotatable bonds is 9. The van der Waals surface area contributed by atoms with E-state index in [4.69, 9.17) is 16.3 Å². The molecule has 1 aromatic rings. The number of benzene rings is 1. The van der Waals surface area contributed by atoms with E-state index in [-0.39, 0.29) is 0 Å². The number of nitrogens with zero attached hydrogens (tertiary/aromatic N) is 1. The zero-order valence-electron chi connectivity index (χ0n) is 13.0. The summed E-state index contributed by atoms with van der Waals surface area (Å²) in [5.74, 6) is 0.828. The standard InChI is InChI=1S/C16H26ClN3O/c1-3-18-16(19-11-7-8-12-21-4-2)20-13-14-9-5-6-10-15(14)17/h5-6,9-10H,3-4,7-8,11-13H2,1-2H3,(H2,18,19,20). The molecule has 0 atom stereocenters. The third-order valence-electron chi connectivity index (χ3n) is 2.92. The molecule has 0 aliphatic carbocycles. The molecule has 0 aromatic heterocycles. The highest BCUT2D eigenvalue weighted by molar-refractivity contribution is 6.31. The highest BCUT2D eigenvalue weighted by Gasteiger charge is 2.00. The number of guanidine groups is 1. The van der Waals surface area contributed by atoms with Gasteiger partial charge in [0.05, 0.1) is 6.54 Å². The van der Waals surface area contributed by atoms with E-state index in [1.54, 1.807) is 0 Å². The van der Waals surface area contributed by atoms with E-state index in [2.05, 4.69) is 22.5 Å². The summed E-state index contributed by atoms with van der Waals surface area (Å²) in [6, 6.07) is 7.79. The van der Waals surface area contributed by atoms with Crippen molar-refractivity contribution in [1.82, 2.24) is 10.6 Å². The molecule has 0 amide bonds. The van der Waals surface area contributed by atoms with E-state index < -0.39 is 0 Å². The van der Waals surface area contributed by atoms with Crippen molar-refractivity contribution in [3.63, 3.8) is 0 Å². The van der Waals surface area contributed by atoms with Gasteiger partial charge in [0.1, 0.15) is 0 Å². The molecule has 0 saturated carbocycles. The largest absolute Gasteiger partial charge is 0.382 e. The summed E-state index contributed by atoms with van der Waals surface area (Å²) in [6.07, 6.45) is 2.13. The molecule has 0 fully saturated rings. The van der Waals surface area contributed by atoms with Crippen LogP contribution >= 0.6 is 11.6 Å². The van der Waals surface area contributed by atoms with Gasteiger partial charge in [0.2, 0.25) is 0 Å². The van der Waals surface area contributed by atoms with Crippen LogP contribution in [0, 0.1) is 0 Å². The lowest BCUT2D eigenvalue weighted by Gasteiger charge is -2.11. The van der Waals surface area contributed by atoms with Crippen molar-refractivity contribution in [3.8, 4) is 0 Å². The Morgan fingerprint density at radius 1 is 1.19 bits per heavy atom. The minimum atomic E-state index is 0.577. The molecule has 4 nitrogen and oxygen atoms in total. The Bertz CT molecular complexity index is 424. The van der Waals surface area contributed by atoms with E-state index >= 15 is 0 Å². The zero-order valence-corrected chi connectivity index (χ0v) is 13.7. The number of aliphatic imine (C=N–C) groups is 1. The Labute approximate surface area is 132 Å². The summed E-state index contributed by atoms with van der Waals surface area (Å²) in [7, 11) is 0. The second-order valence-electron chi connectivity index (χ2n) is 4.62. The van der Waals surface area contributed by atoms with Gasteiger partial charge in [-0.1, -0.05) is 29.8 Å². The summed E-state index contributed by atoms with van der Waals surface area (Å²) in [5.41, 5.74) is 1.03. The van der Waals surface area contributed by atoms with Gasteiger partial charge >= 0.3 is 0 Å². The van der Waals surface area contributed by atoms with E-state index in [1.165, 1.54) is 0 Å². The maximum Gasteiger partial charge on any atom is 0.191 e. The molecule has 1 aromatic carbocycles. The normalized spacial score (nSPS) is 11.5. The quantitative estimate of drug-likeness (QED) is 0.418. The molecule has 21 heavy (non-hydrogen) atoms. The average molecular weight is 312 g/mol. The molecule has 0 saturated heterocycles. The van der Waals surface area contributed by atoms with Crippen molar-refractivity contribution in [1.29, 1.82) is 0 Å². The Hall–Kier alpha value is -1.26. The molecule has 5 heteroatoms. The number of unbranched alkanes of at least 4 members (excludes halogenated alkanes) is 1. The number of hydrogen-bond donors (Lipinski definition) is 2. The average Bonchev–Trinajstić information content (AvgIpc) is 2.49. The second kappa shape index (κ2) is 11.4. The Morgan fingerprint density at radius 2 is 2.00 bits per heavy atom. The molecule has 118 valence electrons. The summed E-state index contributed by atoms with van der Waals surface area (Å²) in [6.45, 7) is 7.99. The van der Waals surface area contributed by atoms with Gasteiger partial charge in [0.25, 0.3) is 0 Å². The van der Waals surface area contributed by atoms with Crippen LogP contribution in [-0.4, -0.2) is 32.3 Å². The van der Waals surface area contributed by atoms with Crippen LogP contribution in [0.2, 0.25) is 5.02 Å². The zero-order chi connectivity index (χ0) is 15.3. The van der Waals surface area contributed by atoms with Gasteiger partial charge in [-0.2, -0.15) is 0 Å². The van der Waals surface area contributed by atoms with Crippen LogP contribution < -0.4 is 10.6 Å². The van der Waals surface area contributed by atoms with Gasteiger partial charge in [-0.25, -0.2) is 4.99 Å². The Morgan fingerprint density at radius 3 is 2.71 bits per heavy atom. The first-order valence-corrected chi connectivity index (χ1v) is 7.99. The smallest absolute Gasteiger partial charge is 0.191 e. The Balaban J connectivity index is 2.38. The van der Waals surface area contributed by atoms with Crippen LogP contribution in [-0.2, 0) is 11.3 Å². The SMILES string of the molecule is CCNC(=NCc1ccccc1Cl)NCCCCOCC. The van der Waals surface area contributed by atoms with Crippen molar-refractivity contribution in [2.45, 2.75) is 33.2 Å². The fourth-order valence-electron chi connectivity index (χ4n) is 1.81. The second-order valence-corrected chi connectivity index (χ2v) is 5.02. The van der Waals surface area contributed by atoms with Crippen molar-refractivity contribution >= 4 is 17.6 Å². The fourth-order valence-corrected chi connectivity index (χ4v) is 2.01. The molecule has 0 unspecified atom stereocenters. The van der Waals surface area contributed by atoms with Gasteiger partial charge in [0.15, 0.2) is 5.96 Å². The van der Waals surface area contributed by atoms with E-state index in [0.717, 1.165) is 55.7 Å². The number of hydrogen-bond acceptors (Lipinski definition) is 2. The number of halogens is 1. The van der Waals surface area contributed by atoms with Crippen molar-refractivity contribution in [3.05, 3.63) is 34.9 Å². The molecule has 0 aliphatic rings. The van der Waals surface area contributed by atoms with Crippen molar-refractivity contribution < 1.29 is 4.74 Å². The molecule has 1 rings (SSSR count). The Kier molecular flexibility index (Phi) is 9.66. The van der Waals surface area contributed by atoms with Crippen LogP contribution in [0.5, 0.6) is 0 Å². The lowest BCUT2D eigenvalue weighted by molar-refractivity contribution is 0.143. The molecule has 0 aliphatic heterocycles. The van der Waals surface area contributed by atoms with Crippen molar-refractivity contribution in [2.24, 2.45) is 4.99 Å². The molecular formula is C16H26ClN3O. The predicted molar refractivity (Wildman–Crippen MR) is 90.0 cm³/mol. The highest BCUT2D eigenvalue weighted by Crippen LogP contribution is 2.15. The minimum absolute atomic E-state index is 0.577. The van der Waals surface area contributed by atoms with Crippen LogP contribution in [0.15, 0.2) is 29.3 Å². The molecular weight excluding hydrogens is 286 g/mol. The third-order valence-corrected chi connectivity index (χ3v) is 3.29. The van der Waals surface area contributed by atoms with Gasteiger partial charge in [-0.05, 0) is 38.3 Å². The molecule has 0 heterocycles. The van der Waals surface area contributed by atoms with E-state index in [0.29, 0.717) is 6.54 Å².